The van der Waals surface area contributed by atoms with Gasteiger partial charge in [-0.1, -0.05) is 48.5 Å². The van der Waals surface area contributed by atoms with Gasteiger partial charge in [-0.2, -0.15) is 0 Å². The lowest BCUT2D eigenvalue weighted by Crippen LogP contribution is -2.09. The normalized spacial score (nSPS) is 17.4. The molecule has 2 aromatic rings. The van der Waals surface area contributed by atoms with E-state index in [4.69, 9.17) is 4.74 Å². The molecule has 0 saturated carbocycles. The van der Waals surface area contributed by atoms with E-state index in [1.54, 1.807) is 0 Å². The van der Waals surface area contributed by atoms with Gasteiger partial charge in [0.15, 0.2) is 0 Å². The van der Waals surface area contributed by atoms with Crippen LogP contribution in [0.1, 0.15) is 22.8 Å². The minimum atomic E-state index is 0.0334. The zero-order chi connectivity index (χ0) is 11.7. The van der Waals surface area contributed by atoms with Gasteiger partial charge >= 0.3 is 0 Å². The van der Waals surface area contributed by atoms with Crippen LogP contribution in [-0.4, -0.2) is 0 Å². The second-order valence-corrected chi connectivity index (χ2v) is 4.29. The lowest BCUT2D eigenvalue weighted by Gasteiger charge is -2.22. The van der Waals surface area contributed by atoms with Crippen molar-refractivity contribution in [3.05, 3.63) is 71.3 Å². The molecule has 1 atom stereocenters. The molecular weight excluding hydrogens is 208 g/mol. The third-order valence-electron chi connectivity index (χ3n) is 3.12. The second kappa shape index (κ2) is 4.10. The van der Waals surface area contributed by atoms with Crippen molar-refractivity contribution < 1.29 is 4.74 Å². The van der Waals surface area contributed by atoms with Crippen LogP contribution in [0.25, 0.3) is 6.08 Å². The summed E-state index contributed by atoms with van der Waals surface area (Å²) in [4.78, 5) is 0. The average molecular weight is 222 g/mol. The predicted octanol–water partition coefficient (Wildman–Crippen LogP) is 4.14. The summed E-state index contributed by atoms with van der Waals surface area (Å²) in [5, 5.41) is 0. The molecule has 0 radical (unpaired) electrons. The molecule has 1 heteroatoms. The van der Waals surface area contributed by atoms with Crippen molar-refractivity contribution in [3.8, 4) is 5.75 Å². The largest absolute Gasteiger partial charge is 0.481 e. The summed E-state index contributed by atoms with van der Waals surface area (Å²) in [5.41, 5.74) is 3.65. The van der Waals surface area contributed by atoms with E-state index in [0.29, 0.717) is 0 Å². The minimum absolute atomic E-state index is 0.0334. The van der Waals surface area contributed by atoms with E-state index in [-0.39, 0.29) is 6.10 Å². The highest BCUT2D eigenvalue weighted by Crippen LogP contribution is 2.33. The van der Waals surface area contributed by atoms with Crippen molar-refractivity contribution in [1.29, 1.82) is 0 Å². The maximum atomic E-state index is 6.01. The molecular formula is C16H14O. The van der Waals surface area contributed by atoms with Crippen LogP contribution in [0.4, 0.5) is 0 Å². The van der Waals surface area contributed by atoms with Crippen molar-refractivity contribution in [1.82, 2.24) is 0 Å². The summed E-state index contributed by atoms with van der Waals surface area (Å²) in [6.07, 6.45) is 4.28. The molecule has 0 bridgehead atoms. The number of hydrogen-bond donors (Lipinski definition) is 0. The van der Waals surface area contributed by atoms with E-state index in [2.05, 4.69) is 49.4 Å². The number of fused-ring (bicyclic) bond motifs is 1. The van der Waals surface area contributed by atoms with Gasteiger partial charge in [0.1, 0.15) is 11.9 Å². The Morgan fingerprint density at radius 1 is 0.941 bits per heavy atom. The lowest BCUT2D eigenvalue weighted by molar-refractivity contribution is 0.251. The summed E-state index contributed by atoms with van der Waals surface area (Å²) in [6.45, 7) is 2.12. The van der Waals surface area contributed by atoms with Crippen LogP contribution < -0.4 is 4.74 Å². The average Bonchev–Trinajstić information content (AvgIpc) is 2.39. The van der Waals surface area contributed by atoms with E-state index in [0.717, 1.165) is 11.3 Å². The van der Waals surface area contributed by atoms with Gasteiger partial charge in [0.2, 0.25) is 0 Å². The summed E-state index contributed by atoms with van der Waals surface area (Å²) >= 11 is 0. The molecule has 1 aliphatic rings. The maximum Gasteiger partial charge on any atom is 0.143 e. The van der Waals surface area contributed by atoms with Crippen LogP contribution in [0.2, 0.25) is 0 Å². The number of rotatable bonds is 1. The van der Waals surface area contributed by atoms with E-state index in [1.807, 2.05) is 18.2 Å². The molecule has 1 aliphatic heterocycles. The van der Waals surface area contributed by atoms with Gasteiger partial charge in [-0.25, -0.2) is 0 Å². The van der Waals surface area contributed by atoms with Crippen LogP contribution in [0.3, 0.4) is 0 Å². The molecule has 0 fully saturated rings. The highest BCUT2D eigenvalue weighted by molar-refractivity contribution is 5.60. The molecule has 0 aliphatic carbocycles. The van der Waals surface area contributed by atoms with E-state index >= 15 is 0 Å². The molecule has 0 N–H and O–H groups in total. The summed E-state index contributed by atoms with van der Waals surface area (Å²) in [7, 11) is 0. The monoisotopic (exact) mass is 222 g/mol. The standard InChI is InChI=1S/C16H14O/c1-12-6-2-4-8-14(12)16-11-10-13-7-3-5-9-15(13)17-16/h2-11,16H,1H3. The first-order valence-electron chi connectivity index (χ1n) is 5.84. The second-order valence-electron chi connectivity index (χ2n) is 4.29. The first-order chi connectivity index (χ1) is 8.34. The van der Waals surface area contributed by atoms with Gasteiger partial charge in [-0.05, 0) is 30.2 Å². The molecule has 3 rings (SSSR count). The van der Waals surface area contributed by atoms with E-state index < -0.39 is 0 Å². The Kier molecular flexibility index (Phi) is 2.45. The zero-order valence-corrected chi connectivity index (χ0v) is 9.76. The van der Waals surface area contributed by atoms with Crippen LogP contribution in [0, 0.1) is 6.92 Å². The minimum Gasteiger partial charge on any atom is -0.481 e. The zero-order valence-electron chi connectivity index (χ0n) is 9.76. The first-order valence-corrected chi connectivity index (χ1v) is 5.84. The van der Waals surface area contributed by atoms with Gasteiger partial charge < -0.3 is 4.74 Å². The third-order valence-corrected chi connectivity index (χ3v) is 3.12. The van der Waals surface area contributed by atoms with Gasteiger partial charge in [0, 0.05) is 5.56 Å². The summed E-state index contributed by atoms with van der Waals surface area (Å²) in [6, 6.07) is 16.5. The van der Waals surface area contributed by atoms with Gasteiger partial charge in [-0.3, -0.25) is 0 Å². The number of para-hydroxylation sites is 1. The van der Waals surface area contributed by atoms with Crippen LogP contribution in [0.15, 0.2) is 54.6 Å². The van der Waals surface area contributed by atoms with Crippen LogP contribution in [0.5, 0.6) is 5.75 Å². The quantitative estimate of drug-likeness (QED) is 0.704. The number of aryl methyl sites for hydroxylation is 1. The van der Waals surface area contributed by atoms with Crippen molar-refractivity contribution in [2.75, 3.05) is 0 Å². The van der Waals surface area contributed by atoms with Gasteiger partial charge in [0.05, 0.1) is 0 Å². The summed E-state index contributed by atoms with van der Waals surface area (Å²) in [5.74, 6) is 0.961. The molecule has 0 spiro atoms. The van der Waals surface area contributed by atoms with Gasteiger partial charge in [-0.15, -0.1) is 0 Å². The SMILES string of the molecule is Cc1ccccc1C1C=Cc2ccccc2O1. The van der Waals surface area contributed by atoms with Crippen molar-refractivity contribution in [2.24, 2.45) is 0 Å². The molecule has 1 nitrogen and oxygen atoms in total. The fraction of sp³-hybridized carbons (Fsp3) is 0.125. The smallest absolute Gasteiger partial charge is 0.143 e. The highest BCUT2D eigenvalue weighted by atomic mass is 16.5. The Bertz CT molecular complexity index is 569. The Labute approximate surface area is 101 Å². The molecule has 1 heterocycles. The van der Waals surface area contributed by atoms with Crippen LogP contribution >= 0.6 is 0 Å². The molecule has 84 valence electrons. The molecule has 1 unspecified atom stereocenters. The number of hydrogen-bond acceptors (Lipinski definition) is 1. The molecule has 17 heavy (non-hydrogen) atoms. The first kappa shape index (κ1) is 10.2. The number of benzene rings is 2. The van der Waals surface area contributed by atoms with E-state index in [9.17, 15) is 0 Å². The highest BCUT2D eigenvalue weighted by Gasteiger charge is 2.17. The Morgan fingerprint density at radius 3 is 2.59 bits per heavy atom. The Hall–Kier alpha value is -2.02. The Morgan fingerprint density at radius 2 is 1.71 bits per heavy atom. The molecule has 0 saturated heterocycles. The lowest BCUT2D eigenvalue weighted by atomic mass is 10.0. The summed E-state index contributed by atoms with van der Waals surface area (Å²) < 4.78 is 6.01. The third kappa shape index (κ3) is 1.84. The van der Waals surface area contributed by atoms with E-state index in [1.165, 1.54) is 11.1 Å². The number of ether oxygens (including phenoxy) is 1. The topological polar surface area (TPSA) is 9.23 Å². The van der Waals surface area contributed by atoms with Crippen molar-refractivity contribution in [3.63, 3.8) is 0 Å². The van der Waals surface area contributed by atoms with Crippen molar-refractivity contribution in [2.45, 2.75) is 13.0 Å². The fourth-order valence-corrected chi connectivity index (χ4v) is 2.17. The maximum absolute atomic E-state index is 6.01. The van der Waals surface area contributed by atoms with Crippen LogP contribution in [-0.2, 0) is 0 Å². The van der Waals surface area contributed by atoms with Crippen molar-refractivity contribution >= 4 is 6.08 Å². The molecule has 0 aromatic heterocycles. The fourth-order valence-electron chi connectivity index (χ4n) is 2.17. The molecule has 0 amide bonds. The predicted molar refractivity (Wildman–Crippen MR) is 70.0 cm³/mol. The van der Waals surface area contributed by atoms with Gasteiger partial charge in [0.25, 0.3) is 0 Å². The molecule has 2 aromatic carbocycles. The Balaban J connectivity index is 1.98.